The molecule has 7 heteroatoms. The second-order valence-electron chi connectivity index (χ2n) is 7.64. The highest BCUT2D eigenvalue weighted by Crippen LogP contribution is 2.27. The monoisotopic (exact) mass is 389 g/mol. The molecule has 0 fully saturated rings. The average Bonchev–Trinajstić information content (AvgIpc) is 3.37. The summed E-state index contributed by atoms with van der Waals surface area (Å²) in [4.78, 5) is 21.1. The maximum atomic E-state index is 12.6. The molecule has 148 valence electrons. The lowest BCUT2D eigenvalue weighted by Crippen LogP contribution is -2.19. The molecule has 3 aromatic heterocycles. The van der Waals surface area contributed by atoms with Gasteiger partial charge >= 0.3 is 0 Å². The third-order valence-electron chi connectivity index (χ3n) is 5.14. The SMILES string of the molecule is CC(C)(CCO)c1ccc(C(=O)Nc2cn3cc(-n4ccnc4)ccc3n2)cc1. The minimum absolute atomic E-state index is 0.131. The van der Waals surface area contributed by atoms with Crippen molar-refractivity contribution >= 4 is 17.4 Å². The molecule has 1 aromatic carbocycles. The molecule has 29 heavy (non-hydrogen) atoms. The van der Waals surface area contributed by atoms with Gasteiger partial charge in [0, 0.05) is 30.8 Å². The smallest absolute Gasteiger partial charge is 0.256 e. The third kappa shape index (κ3) is 3.90. The normalized spacial score (nSPS) is 11.7. The van der Waals surface area contributed by atoms with Crippen molar-refractivity contribution in [3.05, 3.63) is 78.6 Å². The van der Waals surface area contributed by atoms with Crippen LogP contribution < -0.4 is 5.32 Å². The molecule has 0 aliphatic heterocycles. The molecular formula is C22H23N5O2. The largest absolute Gasteiger partial charge is 0.396 e. The quantitative estimate of drug-likeness (QED) is 0.529. The van der Waals surface area contributed by atoms with Crippen molar-refractivity contribution in [1.82, 2.24) is 18.9 Å². The first-order valence-corrected chi connectivity index (χ1v) is 9.46. The van der Waals surface area contributed by atoms with Crippen LogP contribution in [0, 0.1) is 0 Å². The summed E-state index contributed by atoms with van der Waals surface area (Å²) in [6, 6.07) is 11.3. The lowest BCUT2D eigenvalue weighted by Gasteiger charge is -2.24. The Bertz CT molecular complexity index is 1130. The summed E-state index contributed by atoms with van der Waals surface area (Å²) in [5.41, 5.74) is 3.20. The Balaban J connectivity index is 1.51. The molecule has 0 unspecified atom stereocenters. The molecule has 2 N–H and O–H groups in total. The molecule has 0 atom stereocenters. The lowest BCUT2D eigenvalue weighted by molar-refractivity contribution is 0.102. The van der Waals surface area contributed by atoms with Crippen molar-refractivity contribution in [2.75, 3.05) is 11.9 Å². The Morgan fingerprint density at radius 3 is 2.62 bits per heavy atom. The predicted molar refractivity (Wildman–Crippen MR) is 111 cm³/mol. The summed E-state index contributed by atoms with van der Waals surface area (Å²) >= 11 is 0. The number of fused-ring (bicyclic) bond motifs is 1. The topological polar surface area (TPSA) is 84.5 Å². The minimum Gasteiger partial charge on any atom is -0.396 e. The molecule has 0 spiro atoms. The van der Waals surface area contributed by atoms with E-state index >= 15 is 0 Å². The van der Waals surface area contributed by atoms with Gasteiger partial charge in [-0.25, -0.2) is 9.97 Å². The van der Waals surface area contributed by atoms with Crippen molar-refractivity contribution < 1.29 is 9.90 Å². The number of benzene rings is 1. The van der Waals surface area contributed by atoms with E-state index in [1.54, 1.807) is 30.9 Å². The molecule has 0 aliphatic carbocycles. The van der Waals surface area contributed by atoms with Gasteiger partial charge in [-0.15, -0.1) is 0 Å². The van der Waals surface area contributed by atoms with E-state index < -0.39 is 0 Å². The molecule has 7 nitrogen and oxygen atoms in total. The van der Waals surface area contributed by atoms with Gasteiger partial charge in [-0.05, 0) is 41.7 Å². The maximum Gasteiger partial charge on any atom is 0.256 e. The van der Waals surface area contributed by atoms with Gasteiger partial charge in [0.25, 0.3) is 5.91 Å². The van der Waals surface area contributed by atoms with Crippen LogP contribution in [0.2, 0.25) is 0 Å². The number of hydrogen-bond acceptors (Lipinski definition) is 4. The standard InChI is InChI=1S/C22H23N5O2/c1-22(2,9-12-28)17-5-3-16(4-6-17)21(29)25-19-14-27-13-18(7-8-20(27)24-19)26-11-10-23-15-26/h3-8,10-11,13-15,28H,9,12H2,1-2H3,(H,25,29). The molecular weight excluding hydrogens is 366 g/mol. The third-order valence-corrected chi connectivity index (χ3v) is 5.14. The van der Waals surface area contributed by atoms with E-state index in [1.807, 2.05) is 45.6 Å². The van der Waals surface area contributed by atoms with Crippen molar-refractivity contribution in [3.8, 4) is 5.69 Å². The van der Waals surface area contributed by atoms with Gasteiger partial charge in [0.15, 0.2) is 5.82 Å². The van der Waals surface area contributed by atoms with Gasteiger partial charge in [0.1, 0.15) is 5.65 Å². The summed E-state index contributed by atoms with van der Waals surface area (Å²) in [6.07, 6.45) is 9.70. The molecule has 4 rings (SSSR count). The van der Waals surface area contributed by atoms with Crippen molar-refractivity contribution in [2.45, 2.75) is 25.7 Å². The molecule has 0 aliphatic rings. The van der Waals surface area contributed by atoms with Crippen molar-refractivity contribution in [2.24, 2.45) is 0 Å². The first-order chi connectivity index (χ1) is 14.0. The number of hydrogen-bond donors (Lipinski definition) is 2. The van der Waals surface area contributed by atoms with Crippen molar-refractivity contribution in [3.63, 3.8) is 0 Å². The summed E-state index contributed by atoms with van der Waals surface area (Å²) in [7, 11) is 0. The van der Waals surface area contributed by atoms with E-state index in [2.05, 4.69) is 29.1 Å². The fraction of sp³-hybridized carbons (Fsp3) is 0.227. The molecule has 0 saturated carbocycles. The summed E-state index contributed by atoms with van der Waals surface area (Å²) in [5, 5.41) is 12.1. The van der Waals surface area contributed by atoms with Crippen LogP contribution in [0.3, 0.4) is 0 Å². The highest BCUT2D eigenvalue weighted by atomic mass is 16.3. The van der Waals surface area contributed by atoms with Crippen molar-refractivity contribution in [1.29, 1.82) is 0 Å². The highest BCUT2D eigenvalue weighted by Gasteiger charge is 2.20. The van der Waals surface area contributed by atoms with E-state index in [4.69, 9.17) is 0 Å². The van der Waals surface area contributed by atoms with E-state index in [1.165, 1.54) is 0 Å². The Morgan fingerprint density at radius 1 is 1.14 bits per heavy atom. The number of carbonyl (C=O) groups is 1. The Hall–Kier alpha value is -3.45. The van der Waals surface area contributed by atoms with Gasteiger partial charge in [0.05, 0.1) is 18.2 Å². The second kappa shape index (κ2) is 7.52. The first kappa shape index (κ1) is 18.9. The minimum atomic E-state index is -0.213. The van der Waals surface area contributed by atoms with Crippen LogP contribution >= 0.6 is 0 Å². The van der Waals surface area contributed by atoms with Gasteiger partial charge in [-0.1, -0.05) is 26.0 Å². The van der Waals surface area contributed by atoms with Crippen LogP contribution in [-0.2, 0) is 5.41 Å². The van der Waals surface area contributed by atoms with Gasteiger partial charge < -0.3 is 19.4 Å². The summed E-state index contributed by atoms with van der Waals surface area (Å²) in [5.74, 6) is 0.275. The number of aliphatic hydroxyl groups excluding tert-OH is 1. The Kier molecular flexibility index (Phi) is 4.90. The summed E-state index contributed by atoms with van der Waals surface area (Å²) in [6.45, 7) is 4.28. The molecule has 0 radical (unpaired) electrons. The maximum absolute atomic E-state index is 12.6. The van der Waals surface area contributed by atoms with E-state index in [0.717, 1.165) is 16.9 Å². The number of aliphatic hydroxyl groups is 1. The number of carbonyl (C=O) groups excluding carboxylic acids is 1. The number of amides is 1. The van der Waals surface area contributed by atoms with Crippen LogP contribution in [0.15, 0.2) is 67.5 Å². The average molecular weight is 389 g/mol. The van der Waals surface area contributed by atoms with Crippen LogP contribution in [0.4, 0.5) is 5.82 Å². The number of pyridine rings is 1. The van der Waals surface area contributed by atoms with Crippen LogP contribution in [0.5, 0.6) is 0 Å². The second-order valence-corrected chi connectivity index (χ2v) is 7.64. The number of nitrogens with one attached hydrogen (secondary N) is 1. The zero-order chi connectivity index (χ0) is 20.4. The van der Waals surface area contributed by atoms with Crippen LogP contribution in [0.25, 0.3) is 11.3 Å². The van der Waals surface area contributed by atoms with Crippen LogP contribution in [0.1, 0.15) is 36.2 Å². The lowest BCUT2D eigenvalue weighted by atomic mass is 9.81. The zero-order valence-electron chi connectivity index (χ0n) is 16.4. The summed E-state index contributed by atoms with van der Waals surface area (Å²) < 4.78 is 3.77. The first-order valence-electron chi connectivity index (χ1n) is 9.46. The highest BCUT2D eigenvalue weighted by molar-refractivity contribution is 6.03. The molecule has 4 aromatic rings. The molecule has 3 heterocycles. The Labute approximate surface area is 168 Å². The predicted octanol–water partition coefficient (Wildman–Crippen LogP) is 3.43. The van der Waals surface area contributed by atoms with E-state index in [-0.39, 0.29) is 17.9 Å². The number of anilines is 1. The molecule has 1 amide bonds. The van der Waals surface area contributed by atoms with E-state index in [0.29, 0.717) is 17.8 Å². The van der Waals surface area contributed by atoms with Gasteiger partial charge in [-0.2, -0.15) is 0 Å². The number of rotatable bonds is 6. The number of imidazole rings is 2. The molecule has 0 bridgehead atoms. The zero-order valence-corrected chi connectivity index (χ0v) is 16.4. The van der Waals surface area contributed by atoms with Gasteiger partial charge in [-0.3, -0.25) is 4.79 Å². The number of nitrogens with zero attached hydrogens (tertiary/aromatic N) is 4. The fourth-order valence-electron chi connectivity index (χ4n) is 3.29. The van der Waals surface area contributed by atoms with Gasteiger partial charge in [0.2, 0.25) is 0 Å². The molecule has 0 saturated heterocycles. The fourth-order valence-corrected chi connectivity index (χ4v) is 3.29. The van der Waals surface area contributed by atoms with Crippen LogP contribution in [-0.4, -0.2) is 36.6 Å². The number of aromatic nitrogens is 4. The van der Waals surface area contributed by atoms with E-state index in [9.17, 15) is 9.90 Å². The Morgan fingerprint density at radius 2 is 1.93 bits per heavy atom.